The first kappa shape index (κ1) is 23.1. The summed E-state index contributed by atoms with van der Waals surface area (Å²) in [7, 11) is 0. The Morgan fingerprint density at radius 1 is 1.09 bits per heavy atom. The van der Waals surface area contributed by atoms with Gasteiger partial charge in [-0.1, -0.05) is 23.8 Å². The Morgan fingerprint density at radius 3 is 2.47 bits per heavy atom. The van der Waals surface area contributed by atoms with E-state index in [2.05, 4.69) is 5.32 Å². The number of hydrogen-bond donors (Lipinski definition) is 1. The first-order valence-electron chi connectivity index (χ1n) is 9.84. The molecule has 32 heavy (non-hydrogen) atoms. The topological polar surface area (TPSA) is 102 Å². The molecule has 1 N–H and O–H groups in total. The van der Waals surface area contributed by atoms with E-state index in [1.54, 1.807) is 37.3 Å². The second-order valence-electron chi connectivity index (χ2n) is 6.91. The quantitative estimate of drug-likeness (QED) is 0.383. The number of hydrogen-bond acceptors (Lipinski definition) is 7. The molecule has 1 aliphatic rings. The van der Waals surface area contributed by atoms with Gasteiger partial charge in [0.15, 0.2) is 11.5 Å². The van der Waals surface area contributed by atoms with Crippen molar-refractivity contribution in [2.45, 2.75) is 20.8 Å². The third-order valence-electron chi connectivity index (χ3n) is 4.33. The van der Waals surface area contributed by atoms with Crippen LogP contribution < -0.4 is 14.8 Å². The van der Waals surface area contributed by atoms with Crippen molar-refractivity contribution in [3.8, 4) is 11.5 Å². The van der Waals surface area contributed by atoms with Crippen molar-refractivity contribution < 1.29 is 28.7 Å². The fraction of sp³-hybridized carbons (Fsp3) is 0.217. The van der Waals surface area contributed by atoms with Crippen LogP contribution in [-0.2, 0) is 14.4 Å². The van der Waals surface area contributed by atoms with Gasteiger partial charge in [0.2, 0.25) is 5.91 Å². The molecule has 0 unspecified atom stereocenters. The average Bonchev–Trinajstić information content (AvgIpc) is 2.99. The average molecular weight is 455 g/mol. The van der Waals surface area contributed by atoms with Gasteiger partial charge in [-0.2, -0.15) is 0 Å². The third kappa shape index (κ3) is 5.76. The number of anilines is 1. The molecule has 1 heterocycles. The SMILES string of the molecule is CCOc1cc(/C=C2/SC(=O)N(CC(=O)Nc3ccc(C)cc3)C2=O)ccc1OC(C)=O. The lowest BCUT2D eigenvalue weighted by Gasteiger charge is -2.12. The second-order valence-corrected chi connectivity index (χ2v) is 7.91. The van der Waals surface area contributed by atoms with Gasteiger partial charge in [0.25, 0.3) is 11.1 Å². The molecule has 9 heteroatoms. The summed E-state index contributed by atoms with van der Waals surface area (Å²) in [4.78, 5) is 49.7. The predicted molar refractivity (Wildman–Crippen MR) is 121 cm³/mol. The molecule has 0 saturated carbocycles. The van der Waals surface area contributed by atoms with Crippen LogP contribution in [0.1, 0.15) is 25.0 Å². The molecule has 0 atom stereocenters. The number of thioether (sulfide) groups is 1. The lowest BCUT2D eigenvalue weighted by atomic mass is 10.2. The van der Waals surface area contributed by atoms with Crippen LogP contribution >= 0.6 is 11.8 Å². The molecule has 3 rings (SSSR count). The maximum atomic E-state index is 12.7. The van der Waals surface area contributed by atoms with Gasteiger partial charge in [0.05, 0.1) is 11.5 Å². The van der Waals surface area contributed by atoms with Crippen molar-refractivity contribution in [2.75, 3.05) is 18.5 Å². The summed E-state index contributed by atoms with van der Waals surface area (Å²) in [5.41, 5.74) is 2.21. The molecule has 0 aliphatic carbocycles. The summed E-state index contributed by atoms with van der Waals surface area (Å²) in [6, 6.07) is 12.0. The van der Waals surface area contributed by atoms with Crippen LogP contribution in [0.4, 0.5) is 10.5 Å². The molecule has 166 valence electrons. The molecule has 0 radical (unpaired) electrons. The number of esters is 1. The number of benzene rings is 2. The van der Waals surface area contributed by atoms with E-state index in [0.717, 1.165) is 22.2 Å². The molecular weight excluding hydrogens is 432 g/mol. The number of imide groups is 1. The molecular formula is C23H22N2O6S. The van der Waals surface area contributed by atoms with Crippen LogP contribution in [0.15, 0.2) is 47.4 Å². The van der Waals surface area contributed by atoms with E-state index in [4.69, 9.17) is 9.47 Å². The highest BCUT2D eigenvalue weighted by atomic mass is 32.2. The van der Waals surface area contributed by atoms with Crippen molar-refractivity contribution in [1.82, 2.24) is 4.90 Å². The standard InChI is InChI=1S/C23H22N2O6S/c1-4-30-19-11-16(7-10-18(19)31-15(3)26)12-20-22(28)25(23(29)32-20)13-21(27)24-17-8-5-14(2)6-9-17/h5-12H,4,13H2,1-3H3,(H,24,27)/b20-12+. The number of amides is 3. The summed E-state index contributed by atoms with van der Waals surface area (Å²) >= 11 is 0.753. The van der Waals surface area contributed by atoms with Gasteiger partial charge in [0.1, 0.15) is 6.54 Å². The van der Waals surface area contributed by atoms with E-state index in [0.29, 0.717) is 23.6 Å². The molecule has 8 nitrogen and oxygen atoms in total. The minimum atomic E-state index is -0.555. The van der Waals surface area contributed by atoms with Crippen LogP contribution in [0.2, 0.25) is 0 Å². The van der Waals surface area contributed by atoms with Crippen molar-refractivity contribution in [2.24, 2.45) is 0 Å². The Kier molecular flexibility index (Phi) is 7.32. The smallest absolute Gasteiger partial charge is 0.308 e. The fourth-order valence-electron chi connectivity index (χ4n) is 2.89. The zero-order valence-corrected chi connectivity index (χ0v) is 18.7. The largest absolute Gasteiger partial charge is 0.490 e. The van der Waals surface area contributed by atoms with Crippen LogP contribution in [0.5, 0.6) is 11.5 Å². The highest BCUT2D eigenvalue weighted by molar-refractivity contribution is 8.18. The highest BCUT2D eigenvalue weighted by Crippen LogP contribution is 2.34. The minimum Gasteiger partial charge on any atom is -0.490 e. The van der Waals surface area contributed by atoms with E-state index < -0.39 is 23.0 Å². The van der Waals surface area contributed by atoms with Gasteiger partial charge in [-0.05, 0) is 61.5 Å². The Labute approximate surface area is 189 Å². The molecule has 1 aliphatic heterocycles. The number of carbonyl (C=O) groups excluding carboxylic acids is 4. The maximum absolute atomic E-state index is 12.7. The van der Waals surface area contributed by atoms with Gasteiger partial charge in [-0.15, -0.1) is 0 Å². The van der Waals surface area contributed by atoms with Gasteiger partial charge >= 0.3 is 5.97 Å². The number of rotatable bonds is 7. The van der Waals surface area contributed by atoms with E-state index >= 15 is 0 Å². The number of nitrogens with one attached hydrogen (secondary N) is 1. The number of aryl methyl sites for hydroxylation is 1. The summed E-state index contributed by atoms with van der Waals surface area (Å²) in [5.74, 6) is -0.905. The first-order chi connectivity index (χ1) is 15.3. The van der Waals surface area contributed by atoms with Crippen LogP contribution in [-0.4, -0.2) is 41.1 Å². The van der Waals surface area contributed by atoms with Crippen LogP contribution in [0.3, 0.4) is 0 Å². The van der Waals surface area contributed by atoms with Crippen LogP contribution in [0, 0.1) is 6.92 Å². The fourth-order valence-corrected chi connectivity index (χ4v) is 3.73. The maximum Gasteiger partial charge on any atom is 0.308 e. The Hall–Kier alpha value is -3.59. The Bertz CT molecular complexity index is 1090. The Morgan fingerprint density at radius 2 is 1.81 bits per heavy atom. The van der Waals surface area contributed by atoms with E-state index in [-0.39, 0.29) is 17.2 Å². The molecule has 1 fully saturated rings. The monoisotopic (exact) mass is 454 g/mol. The zero-order chi connectivity index (χ0) is 23.3. The second kappa shape index (κ2) is 10.1. The molecule has 2 aromatic carbocycles. The molecule has 0 spiro atoms. The van der Waals surface area contributed by atoms with E-state index in [1.165, 1.54) is 13.0 Å². The lowest BCUT2D eigenvalue weighted by molar-refractivity contribution is -0.132. The van der Waals surface area contributed by atoms with Crippen molar-refractivity contribution in [1.29, 1.82) is 0 Å². The molecule has 0 aromatic heterocycles. The number of nitrogens with zero attached hydrogens (tertiary/aromatic N) is 1. The summed E-state index contributed by atoms with van der Waals surface area (Å²) in [5, 5.41) is 2.15. The highest BCUT2D eigenvalue weighted by Gasteiger charge is 2.36. The third-order valence-corrected chi connectivity index (χ3v) is 5.24. The molecule has 3 amide bonds. The van der Waals surface area contributed by atoms with E-state index in [1.807, 2.05) is 19.1 Å². The van der Waals surface area contributed by atoms with Gasteiger partial charge in [-0.25, -0.2) is 0 Å². The number of carbonyl (C=O) groups is 4. The normalized spacial score (nSPS) is 14.6. The van der Waals surface area contributed by atoms with Crippen molar-refractivity contribution >= 4 is 46.5 Å². The van der Waals surface area contributed by atoms with Crippen molar-refractivity contribution in [3.05, 3.63) is 58.5 Å². The predicted octanol–water partition coefficient (Wildman–Crippen LogP) is 3.99. The van der Waals surface area contributed by atoms with Gasteiger partial charge < -0.3 is 14.8 Å². The first-order valence-corrected chi connectivity index (χ1v) is 10.7. The lowest BCUT2D eigenvalue weighted by Crippen LogP contribution is -2.36. The van der Waals surface area contributed by atoms with Crippen molar-refractivity contribution in [3.63, 3.8) is 0 Å². The Balaban J connectivity index is 1.73. The summed E-state index contributed by atoms with van der Waals surface area (Å²) in [6.07, 6.45) is 1.53. The molecule has 0 bridgehead atoms. The molecule has 2 aromatic rings. The number of ether oxygens (including phenoxy) is 2. The van der Waals surface area contributed by atoms with Crippen LogP contribution in [0.25, 0.3) is 6.08 Å². The van der Waals surface area contributed by atoms with Gasteiger partial charge in [0, 0.05) is 12.6 Å². The van der Waals surface area contributed by atoms with Gasteiger partial charge in [-0.3, -0.25) is 24.1 Å². The summed E-state index contributed by atoms with van der Waals surface area (Å²) in [6.45, 7) is 4.97. The zero-order valence-electron chi connectivity index (χ0n) is 17.8. The molecule has 1 saturated heterocycles. The van der Waals surface area contributed by atoms with E-state index in [9.17, 15) is 19.2 Å². The minimum absolute atomic E-state index is 0.181. The summed E-state index contributed by atoms with van der Waals surface area (Å²) < 4.78 is 10.6.